The van der Waals surface area contributed by atoms with E-state index in [0.717, 1.165) is 12.5 Å². The second-order valence-electron chi connectivity index (χ2n) is 5.74. The van der Waals surface area contributed by atoms with Crippen molar-refractivity contribution in [3.8, 4) is 0 Å². The van der Waals surface area contributed by atoms with Crippen LogP contribution in [-0.4, -0.2) is 30.1 Å². The Morgan fingerprint density at radius 3 is 2.73 bits per heavy atom. The van der Waals surface area contributed by atoms with Crippen molar-refractivity contribution in [1.29, 1.82) is 0 Å². The van der Waals surface area contributed by atoms with E-state index in [-0.39, 0.29) is 5.54 Å². The molecule has 3 unspecified atom stereocenters. The van der Waals surface area contributed by atoms with Gasteiger partial charge in [-0.1, -0.05) is 26.7 Å². The summed E-state index contributed by atoms with van der Waals surface area (Å²) in [6, 6.07) is 0.655. The van der Waals surface area contributed by atoms with Crippen LogP contribution in [-0.2, 0) is 0 Å². The van der Waals surface area contributed by atoms with Crippen molar-refractivity contribution in [2.24, 2.45) is 11.7 Å². The highest BCUT2D eigenvalue weighted by Gasteiger charge is 2.32. The molecule has 0 heterocycles. The summed E-state index contributed by atoms with van der Waals surface area (Å²) in [5.74, 6) is 0.814. The van der Waals surface area contributed by atoms with Gasteiger partial charge in [-0.2, -0.15) is 0 Å². The lowest BCUT2D eigenvalue weighted by Gasteiger charge is -2.41. The number of rotatable bonds is 4. The van der Waals surface area contributed by atoms with Crippen LogP contribution in [0.5, 0.6) is 0 Å². The summed E-state index contributed by atoms with van der Waals surface area (Å²) < 4.78 is 0. The highest BCUT2D eigenvalue weighted by molar-refractivity contribution is 4.92. The predicted octanol–water partition coefficient (Wildman–Crippen LogP) is 2.62. The van der Waals surface area contributed by atoms with Crippen LogP contribution in [0.4, 0.5) is 0 Å². The van der Waals surface area contributed by atoms with Crippen LogP contribution >= 0.6 is 0 Å². The molecular formula is C13H28N2. The Hall–Kier alpha value is -0.0800. The molecule has 0 amide bonds. The minimum absolute atomic E-state index is 0.0792. The van der Waals surface area contributed by atoms with Gasteiger partial charge < -0.3 is 10.6 Å². The number of hydrogen-bond donors (Lipinski definition) is 1. The van der Waals surface area contributed by atoms with Gasteiger partial charge in [0.2, 0.25) is 0 Å². The fourth-order valence-corrected chi connectivity index (χ4v) is 2.81. The lowest BCUT2D eigenvalue weighted by molar-refractivity contribution is 0.142. The molecule has 0 aromatic carbocycles. The molecule has 2 N–H and O–H groups in total. The molecule has 1 aliphatic carbocycles. The van der Waals surface area contributed by atoms with Crippen LogP contribution in [0.15, 0.2) is 0 Å². The van der Waals surface area contributed by atoms with E-state index in [1.54, 1.807) is 0 Å². The molecule has 3 atom stereocenters. The van der Waals surface area contributed by atoms with E-state index in [0.29, 0.717) is 6.04 Å². The molecule has 2 nitrogen and oxygen atoms in total. The number of hydrogen-bond acceptors (Lipinski definition) is 2. The lowest BCUT2D eigenvalue weighted by atomic mass is 9.76. The van der Waals surface area contributed by atoms with Gasteiger partial charge in [0, 0.05) is 18.1 Å². The third-order valence-electron chi connectivity index (χ3n) is 4.03. The Bertz CT molecular complexity index is 193. The Kier molecular flexibility index (Phi) is 4.60. The van der Waals surface area contributed by atoms with Gasteiger partial charge in [-0.3, -0.25) is 0 Å². The zero-order valence-electron chi connectivity index (χ0n) is 10.9. The van der Waals surface area contributed by atoms with E-state index in [1.165, 1.54) is 32.1 Å². The summed E-state index contributed by atoms with van der Waals surface area (Å²) in [5.41, 5.74) is 6.58. The summed E-state index contributed by atoms with van der Waals surface area (Å²) in [6.45, 7) is 7.93. The molecular weight excluding hydrogens is 184 g/mol. The molecule has 0 aromatic rings. The molecule has 0 aliphatic heterocycles. The van der Waals surface area contributed by atoms with E-state index in [9.17, 15) is 0 Å². The Labute approximate surface area is 95.2 Å². The maximum Gasteiger partial charge on any atom is 0.0285 e. The van der Waals surface area contributed by atoms with E-state index >= 15 is 0 Å². The Morgan fingerprint density at radius 1 is 1.53 bits per heavy atom. The highest BCUT2D eigenvalue weighted by Crippen LogP contribution is 2.31. The normalized spacial score (nSPS) is 34.4. The van der Waals surface area contributed by atoms with Gasteiger partial charge in [0.25, 0.3) is 0 Å². The third-order valence-corrected chi connectivity index (χ3v) is 4.03. The molecule has 90 valence electrons. The van der Waals surface area contributed by atoms with Gasteiger partial charge in [0.1, 0.15) is 0 Å². The van der Waals surface area contributed by atoms with Gasteiger partial charge >= 0.3 is 0 Å². The van der Waals surface area contributed by atoms with Gasteiger partial charge in [0.05, 0.1) is 0 Å². The standard InChI is InChI=1S/C13H28N2/c1-5-12(3)15(4)10-13(14)8-6-7-11(2)9-13/h11-12H,5-10,14H2,1-4H3. The lowest BCUT2D eigenvalue weighted by Crippen LogP contribution is -2.53. The summed E-state index contributed by atoms with van der Waals surface area (Å²) in [7, 11) is 2.21. The van der Waals surface area contributed by atoms with Crippen molar-refractivity contribution < 1.29 is 0 Å². The van der Waals surface area contributed by atoms with Crippen LogP contribution < -0.4 is 5.73 Å². The molecule has 15 heavy (non-hydrogen) atoms. The van der Waals surface area contributed by atoms with Gasteiger partial charge in [-0.25, -0.2) is 0 Å². The van der Waals surface area contributed by atoms with Crippen molar-refractivity contribution in [2.75, 3.05) is 13.6 Å². The molecule has 0 aromatic heterocycles. The van der Waals surface area contributed by atoms with E-state index in [1.807, 2.05) is 0 Å². The van der Waals surface area contributed by atoms with Gasteiger partial charge in [0.15, 0.2) is 0 Å². The van der Waals surface area contributed by atoms with E-state index in [4.69, 9.17) is 5.73 Å². The van der Waals surface area contributed by atoms with Crippen molar-refractivity contribution in [3.63, 3.8) is 0 Å². The molecule has 2 heteroatoms. The number of likely N-dealkylation sites (N-methyl/N-ethyl adjacent to an activating group) is 1. The first-order chi connectivity index (χ1) is 6.97. The second-order valence-corrected chi connectivity index (χ2v) is 5.74. The van der Waals surface area contributed by atoms with Crippen LogP contribution in [0.25, 0.3) is 0 Å². The molecule has 1 fully saturated rings. The Balaban J connectivity index is 2.47. The highest BCUT2D eigenvalue weighted by atomic mass is 15.1. The van der Waals surface area contributed by atoms with Crippen LogP contribution in [0, 0.1) is 5.92 Å². The maximum atomic E-state index is 6.50. The molecule has 1 saturated carbocycles. The fourth-order valence-electron chi connectivity index (χ4n) is 2.81. The van der Waals surface area contributed by atoms with Crippen LogP contribution in [0.2, 0.25) is 0 Å². The maximum absolute atomic E-state index is 6.50. The average molecular weight is 212 g/mol. The van der Waals surface area contributed by atoms with Crippen LogP contribution in [0.3, 0.4) is 0 Å². The van der Waals surface area contributed by atoms with Crippen LogP contribution in [0.1, 0.15) is 52.9 Å². The molecule has 1 aliphatic rings. The van der Waals surface area contributed by atoms with E-state index in [2.05, 4.69) is 32.7 Å². The van der Waals surface area contributed by atoms with Gasteiger partial charge in [-0.15, -0.1) is 0 Å². The summed E-state index contributed by atoms with van der Waals surface area (Å²) in [5, 5.41) is 0. The molecule has 0 saturated heterocycles. The SMILES string of the molecule is CCC(C)N(C)CC1(N)CCCC(C)C1. The zero-order chi connectivity index (χ0) is 11.5. The molecule has 1 rings (SSSR count). The largest absolute Gasteiger partial charge is 0.324 e. The first-order valence-electron chi connectivity index (χ1n) is 6.46. The van der Waals surface area contributed by atoms with Crippen molar-refractivity contribution in [1.82, 2.24) is 4.90 Å². The number of nitrogens with two attached hydrogens (primary N) is 1. The van der Waals surface area contributed by atoms with Crippen molar-refractivity contribution >= 4 is 0 Å². The zero-order valence-corrected chi connectivity index (χ0v) is 10.9. The molecule has 0 radical (unpaired) electrons. The molecule has 0 bridgehead atoms. The predicted molar refractivity (Wildman–Crippen MR) is 66.9 cm³/mol. The summed E-state index contributed by atoms with van der Waals surface area (Å²) >= 11 is 0. The monoisotopic (exact) mass is 212 g/mol. The van der Waals surface area contributed by atoms with Crippen molar-refractivity contribution in [2.45, 2.75) is 64.5 Å². The topological polar surface area (TPSA) is 29.3 Å². The van der Waals surface area contributed by atoms with Gasteiger partial charge in [-0.05, 0) is 39.2 Å². The second kappa shape index (κ2) is 5.31. The average Bonchev–Trinajstić information content (AvgIpc) is 2.15. The summed E-state index contributed by atoms with van der Waals surface area (Å²) in [4.78, 5) is 2.43. The first-order valence-corrected chi connectivity index (χ1v) is 6.46. The summed E-state index contributed by atoms with van der Waals surface area (Å²) in [6.07, 6.45) is 6.30. The minimum atomic E-state index is 0.0792. The third kappa shape index (κ3) is 3.76. The smallest absolute Gasteiger partial charge is 0.0285 e. The molecule has 0 spiro atoms. The quantitative estimate of drug-likeness (QED) is 0.776. The minimum Gasteiger partial charge on any atom is -0.324 e. The van der Waals surface area contributed by atoms with E-state index < -0.39 is 0 Å². The fraction of sp³-hybridized carbons (Fsp3) is 1.00. The number of nitrogens with zero attached hydrogens (tertiary/aromatic N) is 1. The van der Waals surface area contributed by atoms with Crippen molar-refractivity contribution in [3.05, 3.63) is 0 Å². The first kappa shape index (κ1) is 13.0. The Morgan fingerprint density at radius 2 is 2.20 bits per heavy atom.